The fourth-order valence-corrected chi connectivity index (χ4v) is 6.84. The van der Waals surface area contributed by atoms with E-state index in [0.29, 0.717) is 17.8 Å². The zero-order valence-electron chi connectivity index (χ0n) is 21.3. The summed E-state index contributed by atoms with van der Waals surface area (Å²) in [5.41, 5.74) is 5.85. The van der Waals surface area contributed by atoms with E-state index in [1.807, 2.05) is 0 Å². The number of amides is 1. The Balaban J connectivity index is 1.36. The van der Waals surface area contributed by atoms with Gasteiger partial charge in [0.05, 0.1) is 18.8 Å². The molecule has 2 bridgehead atoms. The van der Waals surface area contributed by atoms with Crippen LogP contribution in [0.4, 0.5) is 4.79 Å². The summed E-state index contributed by atoms with van der Waals surface area (Å²) in [5, 5.41) is 0. The molecule has 2 heterocycles. The fourth-order valence-electron chi connectivity index (χ4n) is 6.84. The van der Waals surface area contributed by atoms with Crippen molar-refractivity contribution in [2.75, 3.05) is 13.7 Å². The highest BCUT2D eigenvalue weighted by atomic mass is 16.7. The van der Waals surface area contributed by atoms with Crippen LogP contribution in [-0.2, 0) is 23.6 Å². The van der Waals surface area contributed by atoms with Crippen LogP contribution in [0.3, 0.4) is 0 Å². The Morgan fingerprint density at radius 2 is 1.91 bits per heavy atom. The first-order valence-electron chi connectivity index (χ1n) is 12.4. The molecule has 5 fully saturated rings. The third-order valence-corrected chi connectivity index (χ3v) is 8.75. The summed E-state index contributed by atoms with van der Waals surface area (Å²) in [6, 6.07) is -1.06. The first-order chi connectivity index (χ1) is 15.3. The second-order valence-electron chi connectivity index (χ2n) is 12.3. The minimum absolute atomic E-state index is 0.165. The molecule has 1 amide bonds. The van der Waals surface area contributed by atoms with Gasteiger partial charge in [0.2, 0.25) is 0 Å². The summed E-state index contributed by atoms with van der Waals surface area (Å²) < 4.78 is 23.4. The van der Waals surface area contributed by atoms with Crippen molar-refractivity contribution in [3.05, 3.63) is 0 Å². The standard InChI is InChI=1S/C24H41BN2O6/c1-22(2,3)31-21(29)27-13-16(26)15(19(27)20(28)30-7)9-8-10-25-32-18-12-14-11-17(23(14,4)5)24(18,6)33-25/h14-19H,8-13,26H2,1-7H3/t14-,15+,16-,17-,18+,19-,24-/m0/s1. The fraction of sp³-hybridized carbons (Fsp3) is 0.917. The molecule has 9 heteroatoms. The number of likely N-dealkylation sites (tertiary alicyclic amines) is 1. The largest absolute Gasteiger partial charge is 0.467 e. The number of methoxy groups -OCH3 is 1. The molecule has 0 aromatic heterocycles. The maximum Gasteiger partial charge on any atom is 0.457 e. The first kappa shape index (κ1) is 24.8. The smallest absolute Gasteiger partial charge is 0.457 e. The van der Waals surface area contributed by atoms with Crippen LogP contribution >= 0.6 is 0 Å². The van der Waals surface area contributed by atoms with Crippen molar-refractivity contribution in [3.63, 3.8) is 0 Å². The summed E-state index contributed by atoms with van der Waals surface area (Å²) in [4.78, 5) is 26.8. The zero-order valence-corrected chi connectivity index (χ0v) is 21.3. The van der Waals surface area contributed by atoms with E-state index in [0.717, 1.165) is 25.1 Å². The summed E-state index contributed by atoms with van der Waals surface area (Å²) in [7, 11) is 1.11. The van der Waals surface area contributed by atoms with Crippen molar-refractivity contribution < 1.29 is 28.4 Å². The van der Waals surface area contributed by atoms with Gasteiger partial charge in [-0.25, -0.2) is 9.59 Å². The summed E-state index contributed by atoms with van der Waals surface area (Å²) >= 11 is 0. The Labute approximate surface area is 198 Å². The van der Waals surface area contributed by atoms with Crippen LogP contribution in [-0.4, -0.2) is 67.1 Å². The second-order valence-corrected chi connectivity index (χ2v) is 12.3. The molecular formula is C24H41BN2O6. The molecule has 0 aromatic carbocycles. The van der Waals surface area contributed by atoms with E-state index >= 15 is 0 Å². The molecule has 5 aliphatic rings. The lowest BCUT2D eigenvalue weighted by atomic mass is 9.43. The molecule has 3 saturated carbocycles. The molecule has 0 aromatic rings. The summed E-state index contributed by atoms with van der Waals surface area (Å²) in [6.45, 7) is 12.6. The number of rotatable bonds is 5. The van der Waals surface area contributed by atoms with E-state index in [4.69, 9.17) is 24.5 Å². The monoisotopic (exact) mass is 464 g/mol. The van der Waals surface area contributed by atoms with Crippen molar-refractivity contribution in [2.45, 2.75) is 103 Å². The molecule has 2 saturated heterocycles. The summed E-state index contributed by atoms with van der Waals surface area (Å²) in [6.07, 6.45) is 4.15. The van der Waals surface area contributed by atoms with Crippen LogP contribution in [0.2, 0.25) is 6.32 Å². The molecule has 0 spiro atoms. The van der Waals surface area contributed by atoms with Crippen LogP contribution in [0.15, 0.2) is 0 Å². The molecule has 7 atom stereocenters. The number of nitrogens with two attached hydrogens (primary N) is 1. The second kappa shape index (κ2) is 8.42. The zero-order chi connectivity index (χ0) is 24.3. The van der Waals surface area contributed by atoms with Crippen LogP contribution in [0.1, 0.15) is 67.2 Å². The maximum atomic E-state index is 12.7. The third-order valence-electron chi connectivity index (χ3n) is 8.75. The highest BCUT2D eigenvalue weighted by Gasteiger charge is 2.67. The number of ether oxygens (including phenoxy) is 2. The maximum absolute atomic E-state index is 12.7. The topological polar surface area (TPSA) is 100 Å². The SMILES string of the molecule is COC(=O)[C@@H]1[C@H](CCCB2O[C@@H]3C[C@@H]4C[C@@H](C4(C)C)[C@]3(C)O2)[C@@H](N)CN1C(=O)OC(C)(C)C. The Morgan fingerprint density at radius 1 is 1.21 bits per heavy atom. The molecule has 2 N–H and O–H groups in total. The van der Waals surface area contributed by atoms with E-state index < -0.39 is 23.7 Å². The lowest BCUT2D eigenvalue weighted by Crippen LogP contribution is -2.65. The first-order valence-corrected chi connectivity index (χ1v) is 12.4. The average molecular weight is 464 g/mol. The Bertz CT molecular complexity index is 785. The molecule has 33 heavy (non-hydrogen) atoms. The molecule has 8 nitrogen and oxygen atoms in total. The van der Waals surface area contributed by atoms with Crippen molar-refractivity contribution in [1.82, 2.24) is 4.90 Å². The van der Waals surface area contributed by atoms with Gasteiger partial charge in [-0.15, -0.1) is 0 Å². The number of carbonyl (C=O) groups excluding carboxylic acids is 2. The lowest BCUT2D eigenvalue weighted by Gasteiger charge is -2.64. The molecule has 0 radical (unpaired) electrons. The van der Waals surface area contributed by atoms with Crippen LogP contribution in [0.5, 0.6) is 0 Å². The van der Waals surface area contributed by atoms with E-state index in [1.165, 1.54) is 18.4 Å². The molecule has 3 aliphatic carbocycles. The predicted molar refractivity (Wildman–Crippen MR) is 124 cm³/mol. The highest BCUT2D eigenvalue weighted by molar-refractivity contribution is 6.45. The molecule has 2 aliphatic heterocycles. The number of carbonyl (C=O) groups is 2. The van der Waals surface area contributed by atoms with Gasteiger partial charge in [0.25, 0.3) is 0 Å². The molecular weight excluding hydrogens is 423 g/mol. The van der Waals surface area contributed by atoms with Gasteiger partial charge >= 0.3 is 19.2 Å². The van der Waals surface area contributed by atoms with Gasteiger partial charge in [-0.2, -0.15) is 0 Å². The third kappa shape index (κ3) is 4.29. The molecule has 186 valence electrons. The van der Waals surface area contributed by atoms with Crippen LogP contribution in [0, 0.1) is 23.2 Å². The van der Waals surface area contributed by atoms with Crippen molar-refractivity contribution in [2.24, 2.45) is 28.9 Å². The summed E-state index contributed by atoms with van der Waals surface area (Å²) in [5.74, 6) is 0.607. The minimum atomic E-state index is -0.738. The Kier molecular flexibility index (Phi) is 6.32. The van der Waals surface area contributed by atoms with Crippen molar-refractivity contribution >= 4 is 19.2 Å². The van der Waals surface area contributed by atoms with E-state index in [9.17, 15) is 9.59 Å². The van der Waals surface area contributed by atoms with Crippen molar-refractivity contribution in [3.8, 4) is 0 Å². The van der Waals surface area contributed by atoms with Gasteiger partial charge in [-0.1, -0.05) is 20.3 Å². The lowest BCUT2D eigenvalue weighted by molar-refractivity contribution is -0.199. The predicted octanol–water partition coefficient (Wildman–Crippen LogP) is 3.23. The Hall–Kier alpha value is -1.32. The van der Waals surface area contributed by atoms with Crippen molar-refractivity contribution in [1.29, 1.82) is 0 Å². The van der Waals surface area contributed by atoms with E-state index in [1.54, 1.807) is 20.8 Å². The quantitative estimate of drug-likeness (QED) is 0.493. The number of esters is 1. The van der Waals surface area contributed by atoms with Gasteiger partial charge < -0.3 is 24.5 Å². The normalized spacial score (nSPS) is 39.2. The minimum Gasteiger partial charge on any atom is -0.467 e. The van der Waals surface area contributed by atoms with E-state index in [-0.39, 0.29) is 37.3 Å². The molecule has 0 unspecified atom stereocenters. The van der Waals surface area contributed by atoms with Gasteiger partial charge in [0.1, 0.15) is 11.6 Å². The number of hydrogen-bond donors (Lipinski definition) is 1. The number of hydrogen-bond acceptors (Lipinski definition) is 7. The molecule has 5 rings (SSSR count). The number of nitrogens with zero attached hydrogens (tertiary/aromatic N) is 1. The van der Waals surface area contributed by atoms with Gasteiger partial charge in [-0.3, -0.25) is 4.90 Å². The highest BCUT2D eigenvalue weighted by Crippen LogP contribution is 2.65. The van der Waals surface area contributed by atoms with Gasteiger partial charge in [-0.05, 0) is 70.5 Å². The van der Waals surface area contributed by atoms with Gasteiger partial charge in [0.15, 0.2) is 0 Å². The Morgan fingerprint density at radius 3 is 2.52 bits per heavy atom. The van der Waals surface area contributed by atoms with Crippen LogP contribution in [0.25, 0.3) is 0 Å². The van der Waals surface area contributed by atoms with Gasteiger partial charge in [0, 0.05) is 18.5 Å². The van der Waals surface area contributed by atoms with E-state index in [2.05, 4.69) is 20.8 Å². The average Bonchev–Trinajstić information content (AvgIpc) is 3.22. The van der Waals surface area contributed by atoms with Crippen LogP contribution < -0.4 is 5.73 Å².